The number of halogens is 3. The number of amides is 1. The Bertz CT molecular complexity index is 1200. The molecule has 2 aromatic carbocycles. The van der Waals surface area contributed by atoms with Gasteiger partial charge < -0.3 is 24.3 Å². The van der Waals surface area contributed by atoms with Gasteiger partial charge in [-0.05, 0) is 50.1 Å². The molecule has 10 heteroatoms. The summed E-state index contributed by atoms with van der Waals surface area (Å²) >= 11 is 0. The molecule has 2 fully saturated rings. The zero-order valence-corrected chi connectivity index (χ0v) is 21.5. The molecule has 1 saturated carbocycles. The van der Waals surface area contributed by atoms with Crippen LogP contribution in [0.25, 0.3) is 0 Å². The SMILES string of the molecule is CCNC(=O)[C@@]1(OCc2ccccc2C#N)C[C@@H](OCc2cccc(C(F)(F)F)c2)[C@@H]2OC(C)(C)O[C@@H]2C1. The van der Waals surface area contributed by atoms with Gasteiger partial charge in [0.25, 0.3) is 5.91 Å². The van der Waals surface area contributed by atoms with Crippen LogP contribution < -0.4 is 5.32 Å². The van der Waals surface area contributed by atoms with Gasteiger partial charge in [-0.1, -0.05) is 30.3 Å². The van der Waals surface area contributed by atoms with Crippen molar-refractivity contribution in [2.45, 2.75) is 82.7 Å². The number of nitriles is 1. The Morgan fingerprint density at radius 1 is 1.13 bits per heavy atom. The van der Waals surface area contributed by atoms with Crippen molar-refractivity contribution in [1.29, 1.82) is 5.26 Å². The van der Waals surface area contributed by atoms with Crippen molar-refractivity contribution in [2.24, 2.45) is 0 Å². The Kier molecular flexibility index (Phi) is 8.14. The average molecular weight is 533 g/mol. The van der Waals surface area contributed by atoms with Crippen LogP contribution in [0.1, 0.15) is 55.9 Å². The normalized spacial score (nSPS) is 26.4. The van der Waals surface area contributed by atoms with Gasteiger partial charge in [-0.15, -0.1) is 0 Å². The maximum atomic E-state index is 13.4. The van der Waals surface area contributed by atoms with Crippen LogP contribution in [0.3, 0.4) is 0 Å². The van der Waals surface area contributed by atoms with Gasteiger partial charge >= 0.3 is 6.18 Å². The van der Waals surface area contributed by atoms with Gasteiger partial charge in [-0.25, -0.2) is 0 Å². The first-order chi connectivity index (χ1) is 18.0. The van der Waals surface area contributed by atoms with Crippen molar-refractivity contribution in [2.75, 3.05) is 6.54 Å². The molecular weight excluding hydrogens is 501 g/mol. The average Bonchev–Trinajstić information content (AvgIpc) is 3.19. The van der Waals surface area contributed by atoms with Crippen LogP contribution in [-0.2, 0) is 43.1 Å². The van der Waals surface area contributed by atoms with Gasteiger partial charge in [-0.2, -0.15) is 18.4 Å². The Balaban J connectivity index is 1.61. The van der Waals surface area contributed by atoms with Gasteiger partial charge in [0.15, 0.2) is 11.4 Å². The molecule has 0 bridgehead atoms. The summed E-state index contributed by atoms with van der Waals surface area (Å²) in [5, 5.41) is 12.3. The largest absolute Gasteiger partial charge is 0.416 e. The van der Waals surface area contributed by atoms with Crippen LogP contribution >= 0.6 is 0 Å². The maximum Gasteiger partial charge on any atom is 0.416 e. The summed E-state index contributed by atoms with van der Waals surface area (Å²) in [5.74, 6) is -1.30. The number of hydrogen-bond donors (Lipinski definition) is 1. The molecular formula is C28H31F3N2O5. The molecule has 1 aliphatic heterocycles. The monoisotopic (exact) mass is 532 g/mol. The highest BCUT2D eigenvalue weighted by atomic mass is 19.4. The smallest absolute Gasteiger partial charge is 0.371 e. The molecule has 0 spiro atoms. The van der Waals surface area contributed by atoms with Crippen molar-refractivity contribution in [3.05, 3.63) is 70.8 Å². The van der Waals surface area contributed by atoms with Crippen LogP contribution in [0.4, 0.5) is 13.2 Å². The molecule has 0 radical (unpaired) electrons. The molecule has 0 unspecified atom stereocenters. The summed E-state index contributed by atoms with van der Waals surface area (Å²) in [6.45, 7) is 5.56. The van der Waals surface area contributed by atoms with E-state index in [4.69, 9.17) is 18.9 Å². The number of nitrogens with zero attached hydrogens (tertiary/aromatic N) is 1. The number of hydrogen-bond acceptors (Lipinski definition) is 6. The second-order valence-corrected chi connectivity index (χ2v) is 10.0. The Hall–Kier alpha value is -2.97. The highest BCUT2D eigenvalue weighted by Crippen LogP contribution is 2.44. The van der Waals surface area contributed by atoms with Crippen molar-refractivity contribution >= 4 is 5.91 Å². The molecule has 1 N–H and O–H groups in total. The van der Waals surface area contributed by atoms with Crippen molar-refractivity contribution in [3.63, 3.8) is 0 Å². The van der Waals surface area contributed by atoms with Gasteiger partial charge in [-0.3, -0.25) is 4.79 Å². The fraction of sp³-hybridized carbons (Fsp3) is 0.500. The molecule has 0 aromatic heterocycles. The number of carbonyl (C=O) groups is 1. The molecule has 2 aliphatic rings. The number of rotatable bonds is 8. The summed E-state index contributed by atoms with van der Waals surface area (Å²) in [6.07, 6.45) is -6.01. The van der Waals surface area contributed by atoms with E-state index in [1.54, 1.807) is 51.1 Å². The predicted octanol–water partition coefficient (Wildman–Crippen LogP) is 4.87. The van der Waals surface area contributed by atoms with Gasteiger partial charge in [0, 0.05) is 19.4 Å². The summed E-state index contributed by atoms with van der Waals surface area (Å²) in [4.78, 5) is 13.4. The first-order valence-electron chi connectivity index (χ1n) is 12.5. The summed E-state index contributed by atoms with van der Waals surface area (Å²) in [6, 6.07) is 14.0. The number of carbonyl (C=O) groups excluding carboxylic acids is 1. The Morgan fingerprint density at radius 2 is 1.89 bits per heavy atom. The first kappa shape index (κ1) is 28.0. The van der Waals surface area contributed by atoms with E-state index in [1.165, 1.54) is 6.07 Å². The summed E-state index contributed by atoms with van der Waals surface area (Å²) in [5.41, 5.74) is -0.732. The Labute approximate surface area is 219 Å². The number of ether oxygens (including phenoxy) is 4. The number of nitrogens with one attached hydrogen (secondary N) is 1. The van der Waals surface area contributed by atoms with Crippen molar-refractivity contribution < 1.29 is 36.9 Å². The van der Waals surface area contributed by atoms with Crippen LogP contribution in [0.15, 0.2) is 48.5 Å². The van der Waals surface area contributed by atoms with E-state index in [1.807, 2.05) is 0 Å². The molecule has 4 atom stereocenters. The Morgan fingerprint density at radius 3 is 2.61 bits per heavy atom. The molecule has 2 aromatic rings. The number of alkyl halides is 3. The lowest BCUT2D eigenvalue weighted by atomic mass is 9.78. The molecule has 204 valence electrons. The van der Waals surface area contributed by atoms with Crippen LogP contribution in [0, 0.1) is 11.3 Å². The van der Waals surface area contributed by atoms with Gasteiger partial charge in [0.1, 0.15) is 6.10 Å². The zero-order chi connectivity index (χ0) is 27.6. The molecule has 38 heavy (non-hydrogen) atoms. The maximum absolute atomic E-state index is 13.4. The molecule has 4 rings (SSSR count). The molecule has 7 nitrogen and oxygen atoms in total. The molecule has 1 saturated heterocycles. The second-order valence-electron chi connectivity index (χ2n) is 10.0. The fourth-order valence-electron chi connectivity index (χ4n) is 5.04. The minimum Gasteiger partial charge on any atom is -0.371 e. The van der Waals surface area contributed by atoms with E-state index >= 15 is 0 Å². The number of likely N-dealkylation sites (N-methyl/N-ethyl adjacent to an activating group) is 1. The molecule has 1 amide bonds. The fourth-order valence-corrected chi connectivity index (χ4v) is 5.04. The number of benzene rings is 2. The zero-order valence-electron chi connectivity index (χ0n) is 21.5. The van der Waals surface area contributed by atoms with E-state index < -0.39 is 41.4 Å². The molecule has 1 aliphatic carbocycles. The van der Waals surface area contributed by atoms with Crippen LogP contribution in [0.2, 0.25) is 0 Å². The lowest BCUT2D eigenvalue weighted by Crippen LogP contribution is -2.60. The highest BCUT2D eigenvalue weighted by molar-refractivity contribution is 5.85. The number of fused-ring (bicyclic) bond motifs is 1. The van der Waals surface area contributed by atoms with E-state index in [-0.39, 0.29) is 32.0 Å². The van der Waals surface area contributed by atoms with E-state index in [0.717, 1.165) is 12.1 Å². The third-order valence-corrected chi connectivity index (χ3v) is 6.76. The third kappa shape index (κ3) is 6.18. The quantitative estimate of drug-likeness (QED) is 0.522. The minimum absolute atomic E-state index is 0.00283. The van der Waals surface area contributed by atoms with Crippen molar-refractivity contribution in [3.8, 4) is 6.07 Å². The lowest BCUT2D eigenvalue weighted by Gasteiger charge is -2.43. The van der Waals surface area contributed by atoms with Crippen LogP contribution in [-0.4, -0.2) is 42.2 Å². The first-order valence-corrected chi connectivity index (χ1v) is 12.5. The topological polar surface area (TPSA) is 89.8 Å². The van der Waals surface area contributed by atoms with Gasteiger partial charge in [0.2, 0.25) is 0 Å². The minimum atomic E-state index is -4.47. The van der Waals surface area contributed by atoms with E-state index in [9.17, 15) is 23.2 Å². The summed E-state index contributed by atoms with van der Waals surface area (Å²) in [7, 11) is 0. The lowest BCUT2D eigenvalue weighted by molar-refractivity contribution is -0.183. The third-order valence-electron chi connectivity index (χ3n) is 6.76. The summed E-state index contributed by atoms with van der Waals surface area (Å²) < 4.78 is 64.3. The van der Waals surface area contributed by atoms with Gasteiger partial charge in [0.05, 0.1) is 42.6 Å². The van der Waals surface area contributed by atoms with Crippen molar-refractivity contribution in [1.82, 2.24) is 5.32 Å². The highest BCUT2D eigenvalue weighted by Gasteiger charge is 2.58. The van der Waals surface area contributed by atoms with E-state index in [0.29, 0.717) is 23.2 Å². The second kappa shape index (κ2) is 11.0. The van der Waals surface area contributed by atoms with Crippen LogP contribution in [0.5, 0.6) is 0 Å². The standard InChI is InChI=1S/C28H31F3N2O5/c1-4-33-25(34)27(36-17-20-10-6-5-9-19(20)15-32)13-22(24-23(14-27)37-26(2,3)38-24)35-16-18-8-7-11-21(12-18)28(29,30)31/h5-12,22-24H,4,13-14,16-17H2,1-3H3,(H,33,34)/t22-,23-,24+,27-/m1/s1. The predicted molar refractivity (Wildman–Crippen MR) is 130 cm³/mol. The molecule has 1 heterocycles. The van der Waals surface area contributed by atoms with E-state index in [2.05, 4.69) is 11.4 Å².